The summed E-state index contributed by atoms with van der Waals surface area (Å²) in [5.41, 5.74) is 2.52. The monoisotopic (exact) mass is 186 g/mol. The van der Waals surface area contributed by atoms with Gasteiger partial charge in [0.2, 0.25) is 5.82 Å². The standard InChI is InChI=1S/C9H6N4O/c14-6-1-2-7-8-5(3-6)4-10-12-9(8)13-11-7/h2,4H,1,3H2. The van der Waals surface area contributed by atoms with Crippen LogP contribution in [0.3, 0.4) is 0 Å². The molecule has 0 bridgehead atoms. The molecule has 1 aliphatic carbocycles. The van der Waals surface area contributed by atoms with Crippen LogP contribution in [0.15, 0.2) is 22.5 Å². The zero-order valence-corrected chi connectivity index (χ0v) is 7.27. The van der Waals surface area contributed by atoms with Crippen LogP contribution in [0.4, 0.5) is 5.82 Å². The normalized spacial score (nSPS) is 17.7. The van der Waals surface area contributed by atoms with Gasteiger partial charge in [0.1, 0.15) is 5.78 Å². The maximum absolute atomic E-state index is 11.4. The number of Topliss-reactive ketones (excluding diaryl/α,β-unsaturated/α-hetero) is 1. The van der Waals surface area contributed by atoms with E-state index in [-0.39, 0.29) is 5.78 Å². The minimum absolute atomic E-state index is 0.178. The maximum Gasteiger partial charge on any atom is 0.206 e. The average molecular weight is 186 g/mol. The molecule has 0 amide bonds. The molecule has 0 spiro atoms. The average Bonchev–Trinajstić information content (AvgIpc) is 2.51. The summed E-state index contributed by atoms with van der Waals surface area (Å²) in [6.07, 6.45) is 4.24. The van der Waals surface area contributed by atoms with Crippen molar-refractivity contribution in [2.45, 2.75) is 12.8 Å². The Kier molecular flexibility index (Phi) is 1.36. The molecular weight excluding hydrogens is 180 g/mol. The SMILES string of the molecule is O=C1CC=C2N=Nc3nncc(c32)C1. The van der Waals surface area contributed by atoms with Crippen molar-refractivity contribution in [2.24, 2.45) is 10.2 Å². The lowest BCUT2D eigenvalue weighted by Crippen LogP contribution is -2.01. The van der Waals surface area contributed by atoms with Gasteiger partial charge in [0.25, 0.3) is 0 Å². The molecule has 5 nitrogen and oxygen atoms in total. The van der Waals surface area contributed by atoms with Crippen LogP contribution < -0.4 is 0 Å². The van der Waals surface area contributed by atoms with Crippen LogP contribution in [-0.4, -0.2) is 16.0 Å². The van der Waals surface area contributed by atoms with Gasteiger partial charge in [-0.25, -0.2) is 0 Å². The van der Waals surface area contributed by atoms with Crippen LogP contribution in [0.25, 0.3) is 5.70 Å². The van der Waals surface area contributed by atoms with Gasteiger partial charge in [0, 0.05) is 12.8 Å². The number of carbonyl (C=O) groups excluding carboxylic acids is 1. The van der Waals surface area contributed by atoms with Gasteiger partial charge in [0.05, 0.1) is 17.5 Å². The second-order valence-corrected chi connectivity index (χ2v) is 3.28. The van der Waals surface area contributed by atoms with Crippen molar-refractivity contribution >= 4 is 17.3 Å². The second-order valence-electron chi connectivity index (χ2n) is 3.28. The van der Waals surface area contributed by atoms with E-state index in [0.717, 1.165) is 16.8 Å². The minimum atomic E-state index is 0.178. The fourth-order valence-electron chi connectivity index (χ4n) is 1.68. The van der Waals surface area contributed by atoms with Crippen molar-refractivity contribution in [3.05, 3.63) is 23.4 Å². The Hall–Kier alpha value is -1.91. The molecule has 0 aromatic carbocycles. The summed E-state index contributed by atoms with van der Waals surface area (Å²) in [5, 5.41) is 15.5. The van der Waals surface area contributed by atoms with Crippen molar-refractivity contribution in [1.29, 1.82) is 0 Å². The molecule has 2 heterocycles. The van der Waals surface area contributed by atoms with Crippen LogP contribution in [0, 0.1) is 0 Å². The molecule has 1 aromatic heterocycles. The van der Waals surface area contributed by atoms with Crippen LogP contribution in [-0.2, 0) is 11.2 Å². The molecule has 2 aliphatic rings. The molecule has 0 saturated carbocycles. The molecule has 0 N–H and O–H groups in total. The van der Waals surface area contributed by atoms with Gasteiger partial charge in [0.15, 0.2) is 0 Å². The lowest BCUT2D eigenvalue weighted by Gasteiger charge is -2.00. The molecule has 0 saturated heterocycles. The van der Waals surface area contributed by atoms with E-state index >= 15 is 0 Å². The first-order valence-corrected chi connectivity index (χ1v) is 4.33. The number of aromatic nitrogens is 2. The van der Waals surface area contributed by atoms with Gasteiger partial charge >= 0.3 is 0 Å². The second kappa shape index (κ2) is 2.54. The van der Waals surface area contributed by atoms with E-state index in [4.69, 9.17) is 0 Å². The zero-order valence-electron chi connectivity index (χ0n) is 7.27. The number of azo groups is 1. The minimum Gasteiger partial charge on any atom is -0.299 e. The lowest BCUT2D eigenvalue weighted by atomic mass is 10.1. The van der Waals surface area contributed by atoms with Gasteiger partial charge in [-0.3, -0.25) is 4.79 Å². The van der Waals surface area contributed by atoms with Crippen molar-refractivity contribution in [2.75, 3.05) is 0 Å². The predicted molar refractivity (Wildman–Crippen MR) is 47.9 cm³/mol. The summed E-state index contributed by atoms with van der Waals surface area (Å²) in [5.74, 6) is 0.709. The first-order chi connectivity index (χ1) is 6.84. The smallest absolute Gasteiger partial charge is 0.206 e. The third-order valence-electron chi connectivity index (χ3n) is 2.33. The Bertz CT molecular complexity index is 490. The first-order valence-electron chi connectivity index (χ1n) is 4.33. The van der Waals surface area contributed by atoms with Crippen LogP contribution in [0.1, 0.15) is 17.5 Å². The number of carbonyl (C=O) groups is 1. The highest BCUT2D eigenvalue weighted by Crippen LogP contribution is 2.36. The Morgan fingerprint density at radius 2 is 2.21 bits per heavy atom. The highest BCUT2D eigenvalue weighted by atomic mass is 16.1. The summed E-state index contributed by atoms with van der Waals surface area (Å²) in [6, 6.07) is 0. The fraction of sp³-hybridized carbons (Fsp3) is 0.222. The topological polar surface area (TPSA) is 67.6 Å². The van der Waals surface area contributed by atoms with Crippen LogP contribution in [0.2, 0.25) is 0 Å². The molecule has 0 atom stereocenters. The zero-order chi connectivity index (χ0) is 9.54. The van der Waals surface area contributed by atoms with Gasteiger partial charge < -0.3 is 0 Å². The number of allylic oxidation sites excluding steroid dienone is 1. The van der Waals surface area contributed by atoms with E-state index in [1.807, 2.05) is 0 Å². The van der Waals surface area contributed by atoms with Gasteiger partial charge in [-0.15, -0.1) is 15.3 Å². The Morgan fingerprint density at radius 3 is 3.14 bits per heavy atom. The molecule has 0 radical (unpaired) electrons. The molecule has 0 fully saturated rings. The highest BCUT2D eigenvalue weighted by molar-refractivity contribution is 5.90. The quantitative estimate of drug-likeness (QED) is 0.615. The number of rotatable bonds is 0. The summed E-state index contributed by atoms with van der Waals surface area (Å²) < 4.78 is 0. The molecule has 3 rings (SSSR count). The summed E-state index contributed by atoms with van der Waals surface area (Å²) >= 11 is 0. The Morgan fingerprint density at radius 1 is 1.29 bits per heavy atom. The van der Waals surface area contributed by atoms with Crippen molar-refractivity contribution in [3.8, 4) is 0 Å². The third kappa shape index (κ3) is 0.921. The third-order valence-corrected chi connectivity index (χ3v) is 2.33. The number of hydrogen-bond acceptors (Lipinski definition) is 5. The summed E-state index contributed by atoms with van der Waals surface area (Å²) in [7, 11) is 0. The van der Waals surface area contributed by atoms with Crippen molar-refractivity contribution in [1.82, 2.24) is 10.2 Å². The molecule has 1 aliphatic heterocycles. The number of ketones is 1. The van der Waals surface area contributed by atoms with Gasteiger partial charge in [-0.2, -0.15) is 5.10 Å². The largest absolute Gasteiger partial charge is 0.299 e. The molecule has 0 unspecified atom stereocenters. The fourth-order valence-corrected chi connectivity index (χ4v) is 1.68. The Balaban J connectivity index is 2.30. The van der Waals surface area contributed by atoms with E-state index in [1.54, 1.807) is 12.3 Å². The van der Waals surface area contributed by atoms with Crippen LogP contribution in [0.5, 0.6) is 0 Å². The number of nitrogens with zero attached hydrogens (tertiary/aromatic N) is 4. The summed E-state index contributed by atoms with van der Waals surface area (Å²) in [4.78, 5) is 11.4. The molecule has 5 heteroatoms. The predicted octanol–water partition coefficient (Wildman–Crippen LogP) is 1.43. The Labute approximate surface area is 79.6 Å². The lowest BCUT2D eigenvalue weighted by molar-refractivity contribution is -0.117. The van der Waals surface area contributed by atoms with Crippen molar-refractivity contribution < 1.29 is 4.79 Å². The maximum atomic E-state index is 11.4. The van der Waals surface area contributed by atoms with Gasteiger partial charge in [-0.05, 0) is 11.6 Å². The molecule has 14 heavy (non-hydrogen) atoms. The van der Waals surface area contributed by atoms with E-state index in [1.165, 1.54) is 0 Å². The number of hydrogen-bond donors (Lipinski definition) is 0. The summed E-state index contributed by atoms with van der Waals surface area (Å²) in [6.45, 7) is 0. The van der Waals surface area contributed by atoms with E-state index < -0.39 is 0 Å². The molecular formula is C9H6N4O. The van der Waals surface area contributed by atoms with Crippen molar-refractivity contribution in [3.63, 3.8) is 0 Å². The van der Waals surface area contributed by atoms with Gasteiger partial charge in [-0.1, -0.05) is 0 Å². The van der Waals surface area contributed by atoms with E-state index in [9.17, 15) is 4.79 Å². The molecule has 68 valence electrons. The first kappa shape index (κ1) is 7.49. The van der Waals surface area contributed by atoms with E-state index in [0.29, 0.717) is 18.7 Å². The molecule has 1 aromatic rings. The van der Waals surface area contributed by atoms with Crippen LogP contribution >= 0.6 is 0 Å². The van der Waals surface area contributed by atoms with E-state index in [2.05, 4.69) is 20.4 Å². The highest BCUT2D eigenvalue weighted by Gasteiger charge is 2.24.